The van der Waals surface area contributed by atoms with Crippen molar-refractivity contribution in [2.45, 2.75) is 20.4 Å². The third-order valence-electron chi connectivity index (χ3n) is 2.29. The van der Waals surface area contributed by atoms with Gasteiger partial charge in [0.05, 0.1) is 12.0 Å². The highest BCUT2D eigenvalue weighted by atomic mass is 32.1. The molecule has 0 atom stereocenters. The summed E-state index contributed by atoms with van der Waals surface area (Å²) in [7, 11) is 0. The first-order valence-corrected chi connectivity index (χ1v) is 6.40. The van der Waals surface area contributed by atoms with E-state index in [2.05, 4.69) is 35.6 Å². The van der Waals surface area contributed by atoms with Crippen molar-refractivity contribution >= 4 is 11.3 Å². The largest absolute Gasteiger partial charge is 0.312 e. The maximum absolute atomic E-state index is 4.05. The van der Waals surface area contributed by atoms with E-state index in [1.807, 2.05) is 17.1 Å². The normalized spacial score (nSPS) is 11.2. The van der Waals surface area contributed by atoms with Crippen molar-refractivity contribution in [3.63, 3.8) is 0 Å². The highest BCUT2D eigenvalue weighted by Gasteiger charge is 2.01. The number of rotatable bonds is 5. The van der Waals surface area contributed by atoms with Crippen LogP contribution in [0.25, 0.3) is 5.69 Å². The Hall–Kier alpha value is -1.13. The van der Waals surface area contributed by atoms with Gasteiger partial charge in [-0.05, 0) is 18.5 Å². The van der Waals surface area contributed by atoms with E-state index >= 15 is 0 Å². The van der Waals surface area contributed by atoms with Gasteiger partial charge in [-0.25, -0.2) is 4.98 Å². The van der Waals surface area contributed by atoms with Crippen LogP contribution in [0, 0.1) is 5.92 Å². The van der Waals surface area contributed by atoms with Crippen molar-refractivity contribution in [2.75, 3.05) is 6.54 Å². The van der Waals surface area contributed by atoms with E-state index < -0.39 is 0 Å². The Morgan fingerprint density at radius 2 is 2.38 bits per heavy atom. The molecule has 2 rings (SSSR count). The first-order chi connectivity index (χ1) is 7.75. The van der Waals surface area contributed by atoms with Gasteiger partial charge in [0, 0.05) is 29.2 Å². The Bertz CT molecular complexity index is 417. The lowest BCUT2D eigenvalue weighted by Gasteiger charge is -2.05. The van der Waals surface area contributed by atoms with Crippen LogP contribution < -0.4 is 5.32 Å². The van der Waals surface area contributed by atoms with Crippen LogP contribution in [0.3, 0.4) is 0 Å². The second kappa shape index (κ2) is 5.27. The maximum Gasteiger partial charge on any atom is 0.0991 e. The van der Waals surface area contributed by atoms with Gasteiger partial charge in [-0.3, -0.25) is 0 Å². The zero-order valence-corrected chi connectivity index (χ0v) is 10.5. The number of thiophene rings is 1. The minimum Gasteiger partial charge on any atom is -0.312 e. The standard InChI is InChI=1S/C12H17N3S/c1-10(2)6-14-7-12-5-11(8-16-12)15-4-3-13-9-15/h3-5,8-10,14H,6-7H2,1-2H3. The van der Waals surface area contributed by atoms with Gasteiger partial charge in [-0.2, -0.15) is 0 Å². The van der Waals surface area contributed by atoms with Gasteiger partial charge in [0.2, 0.25) is 0 Å². The van der Waals surface area contributed by atoms with Crippen LogP contribution in [0.2, 0.25) is 0 Å². The van der Waals surface area contributed by atoms with E-state index in [0.29, 0.717) is 5.92 Å². The lowest BCUT2D eigenvalue weighted by Crippen LogP contribution is -2.18. The summed E-state index contributed by atoms with van der Waals surface area (Å²) in [4.78, 5) is 5.41. The van der Waals surface area contributed by atoms with E-state index in [4.69, 9.17) is 0 Å². The molecule has 3 nitrogen and oxygen atoms in total. The van der Waals surface area contributed by atoms with E-state index in [0.717, 1.165) is 13.1 Å². The first kappa shape index (κ1) is 11.4. The molecule has 4 heteroatoms. The molecule has 0 spiro atoms. The summed E-state index contributed by atoms with van der Waals surface area (Å²) in [5, 5.41) is 5.61. The van der Waals surface area contributed by atoms with Crippen LogP contribution in [0.4, 0.5) is 0 Å². The zero-order chi connectivity index (χ0) is 11.4. The minimum atomic E-state index is 0.702. The molecule has 2 heterocycles. The molecule has 0 saturated heterocycles. The summed E-state index contributed by atoms with van der Waals surface area (Å²) < 4.78 is 2.03. The Morgan fingerprint density at radius 1 is 1.50 bits per heavy atom. The van der Waals surface area contributed by atoms with Crippen LogP contribution in [0.5, 0.6) is 0 Å². The van der Waals surface area contributed by atoms with Gasteiger partial charge in [0.25, 0.3) is 0 Å². The van der Waals surface area contributed by atoms with Gasteiger partial charge < -0.3 is 9.88 Å². The fourth-order valence-corrected chi connectivity index (χ4v) is 2.33. The molecule has 0 saturated carbocycles. The van der Waals surface area contributed by atoms with Crippen LogP contribution in [0.15, 0.2) is 30.2 Å². The molecule has 0 radical (unpaired) electrons. The molecule has 0 aliphatic rings. The van der Waals surface area contributed by atoms with Crippen molar-refractivity contribution in [1.29, 1.82) is 0 Å². The first-order valence-electron chi connectivity index (χ1n) is 5.52. The molecule has 0 amide bonds. The van der Waals surface area contributed by atoms with Crippen LogP contribution in [0.1, 0.15) is 18.7 Å². The maximum atomic E-state index is 4.05. The average molecular weight is 235 g/mol. The molecule has 86 valence electrons. The average Bonchev–Trinajstić information content (AvgIpc) is 2.85. The SMILES string of the molecule is CC(C)CNCc1cc(-n2ccnc2)cs1. The highest BCUT2D eigenvalue weighted by Crippen LogP contribution is 2.18. The van der Waals surface area contributed by atoms with E-state index in [9.17, 15) is 0 Å². The summed E-state index contributed by atoms with van der Waals surface area (Å²) >= 11 is 1.79. The second-order valence-electron chi connectivity index (χ2n) is 4.27. The summed E-state index contributed by atoms with van der Waals surface area (Å²) in [6.45, 7) is 6.46. The van der Waals surface area contributed by atoms with Gasteiger partial charge in [0.1, 0.15) is 0 Å². The van der Waals surface area contributed by atoms with E-state index in [-0.39, 0.29) is 0 Å². The lowest BCUT2D eigenvalue weighted by molar-refractivity contribution is 0.555. The number of aromatic nitrogens is 2. The molecule has 0 aromatic carbocycles. The lowest BCUT2D eigenvalue weighted by atomic mass is 10.2. The summed E-state index contributed by atoms with van der Waals surface area (Å²) in [5.74, 6) is 0.702. The molecule has 0 bridgehead atoms. The molecule has 2 aromatic rings. The van der Waals surface area contributed by atoms with Crippen molar-refractivity contribution in [2.24, 2.45) is 5.92 Å². The van der Waals surface area contributed by atoms with Crippen molar-refractivity contribution in [1.82, 2.24) is 14.9 Å². The Morgan fingerprint density at radius 3 is 3.06 bits per heavy atom. The fraction of sp³-hybridized carbons (Fsp3) is 0.417. The molecule has 16 heavy (non-hydrogen) atoms. The Labute approximate surface area is 100 Å². The van der Waals surface area contributed by atoms with Crippen molar-refractivity contribution in [3.05, 3.63) is 35.0 Å². The predicted molar refractivity (Wildman–Crippen MR) is 68.0 cm³/mol. The number of nitrogens with one attached hydrogen (secondary N) is 1. The zero-order valence-electron chi connectivity index (χ0n) is 9.68. The quantitative estimate of drug-likeness (QED) is 0.863. The molecule has 0 aliphatic carbocycles. The topological polar surface area (TPSA) is 29.9 Å². The number of imidazole rings is 1. The molecule has 2 aromatic heterocycles. The smallest absolute Gasteiger partial charge is 0.0991 e. The van der Waals surface area contributed by atoms with E-state index in [1.54, 1.807) is 17.5 Å². The van der Waals surface area contributed by atoms with Crippen molar-refractivity contribution in [3.8, 4) is 5.69 Å². The molecule has 0 unspecified atom stereocenters. The summed E-state index contributed by atoms with van der Waals surface area (Å²) in [6.07, 6.45) is 5.59. The van der Waals surface area contributed by atoms with Gasteiger partial charge >= 0.3 is 0 Å². The predicted octanol–water partition coefficient (Wildman–Crippen LogP) is 2.68. The number of hydrogen-bond donors (Lipinski definition) is 1. The molecule has 0 aliphatic heterocycles. The molecular formula is C12H17N3S. The van der Waals surface area contributed by atoms with Crippen molar-refractivity contribution < 1.29 is 0 Å². The molecule has 1 N–H and O–H groups in total. The monoisotopic (exact) mass is 235 g/mol. The van der Waals surface area contributed by atoms with Crippen LogP contribution in [-0.2, 0) is 6.54 Å². The summed E-state index contributed by atoms with van der Waals surface area (Å²) in [6, 6.07) is 2.21. The fourth-order valence-electron chi connectivity index (χ4n) is 1.49. The van der Waals surface area contributed by atoms with Gasteiger partial charge in [-0.15, -0.1) is 11.3 Å². The van der Waals surface area contributed by atoms with E-state index in [1.165, 1.54) is 10.6 Å². The number of nitrogens with zero attached hydrogens (tertiary/aromatic N) is 2. The molecular weight excluding hydrogens is 218 g/mol. The third kappa shape index (κ3) is 2.93. The van der Waals surface area contributed by atoms with Gasteiger partial charge in [0.15, 0.2) is 0 Å². The third-order valence-corrected chi connectivity index (χ3v) is 3.22. The Balaban J connectivity index is 1.93. The van der Waals surface area contributed by atoms with Crippen LogP contribution >= 0.6 is 11.3 Å². The Kier molecular flexibility index (Phi) is 3.74. The second-order valence-corrected chi connectivity index (χ2v) is 5.26. The van der Waals surface area contributed by atoms with Gasteiger partial charge in [-0.1, -0.05) is 13.8 Å². The highest BCUT2D eigenvalue weighted by molar-refractivity contribution is 7.10. The van der Waals surface area contributed by atoms with Crippen LogP contribution in [-0.4, -0.2) is 16.1 Å². The summed E-state index contributed by atoms with van der Waals surface area (Å²) in [5.41, 5.74) is 1.20. The number of hydrogen-bond acceptors (Lipinski definition) is 3. The molecule has 0 fully saturated rings. The minimum absolute atomic E-state index is 0.702.